The molecule has 0 saturated carbocycles. The number of aliphatic hydroxyl groups is 1. The minimum Gasteiger partial charge on any atom is -0.491 e. The molecular formula is C16H25NO3. The van der Waals surface area contributed by atoms with E-state index >= 15 is 0 Å². The maximum Gasteiger partial charge on any atom is 0.119 e. The Morgan fingerprint density at radius 3 is 2.60 bits per heavy atom. The van der Waals surface area contributed by atoms with E-state index in [0.717, 1.165) is 38.3 Å². The first-order chi connectivity index (χ1) is 9.78. The SMILES string of the molecule is CCOC1CCN(CC(O)COc2ccccc2)CC1. The molecule has 112 valence electrons. The lowest BCUT2D eigenvalue weighted by Gasteiger charge is -2.32. The van der Waals surface area contributed by atoms with Crippen LogP contribution in [0.5, 0.6) is 5.75 Å². The number of nitrogens with zero attached hydrogens (tertiary/aromatic N) is 1. The van der Waals surface area contributed by atoms with Crippen LogP contribution in [0.4, 0.5) is 0 Å². The third-order valence-corrected chi connectivity index (χ3v) is 3.59. The lowest BCUT2D eigenvalue weighted by Crippen LogP contribution is -2.42. The molecule has 1 fully saturated rings. The van der Waals surface area contributed by atoms with Crippen LogP contribution >= 0.6 is 0 Å². The largest absolute Gasteiger partial charge is 0.491 e. The Morgan fingerprint density at radius 1 is 1.25 bits per heavy atom. The first kappa shape index (κ1) is 15.3. The quantitative estimate of drug-likeness (QED) is 0.828. The van der Waals surface area contributed by atoms with Gasteiger partial charge in [0.2, 0.25) is 0 Å². The number of benzene rings is 1. The van der Waals surface area contributed by atoms with E-state index in [-0.39, 0.29) is 0 Å². The van der Waals surface area contributed by atoms with Crippen molar-refractivity contribution in [3.63, 3.8) is 0 Å². The van der Waals surface area contributed by atoms with Gasteiger partial charge in [0, 0.05) is 26.2 Å². The summed E-state index contributed by atoms with van der Waals surface area (Å²) < 4.78 is 11.2. The Balaban J connectivity index is 1.64. The van der Waals surface area contributed by atoms with Crippen molar-refractivity contribution in [2.24, 2.45) is 0 Å². The minimum atomic E-state index is -0.446. The van der Waals surface area contributed by atoms with Gasteiger partial charge in [0.05, 0.1) is 6.10 Å². The average Bonchev–Trinajstić information content (AvgIpc) is 2.49. The Bertz CT molecular complexity index is 363. The molecule has 0 bridgehead atoms. The van der Waals surface area contributed by atoms with Crippen molar-refractivity contribution in [2.75, 3.05) is 32.8 Å². The molecule has 0 aromatic heterocycles. The number of aliphatic hydroxyl groups excluding tert-OH is 1. The molecule has 1 atom stereocenters. The van der Waals surface area contributed by atoms with Gasteiger partial charge in [0.1, 0.15) is 18.5 Å². The van der Waals surface area contributed by atoms with E-state index in [4.69, 9.17) is 9.47 Å². The molecule has 1 aromatic carbocycles. The molecule has 0 spiro atoms. The summed E-state index contributed by atoms with van der Waals surface area (Å²) in [6.07, 6.45) is 2.06. The highest BCUT2D eigenvalue weighted by molar-refractivity contribution is 5.20. The molecule has 0 amide bonds. The van der Waals surface area contributed by atoms with Crippen LogP contribution in [0.25, 0.3) is 0 Å². The minimum absolute atomic E-state index is 0.343. The Labute approximate surface area is 121 Å². The molecule has 1 aliphatic rings. The fourth-order valence-electron chi connectivity index (χ4n) is 2.55. The predicted molar refractivity (Wildman–Crippen MR) is 79.0 cm³/mol. The van der Waals surface area contributed by atoms with Gasteiger partial charge in [-0.05, 0) is 31.9 Å². The molecule has 4 heteroatoms. The molecule has 1 heterocycles. The van der Waals surface area contributed by atoms with Crippen molar-refractivity contribution in [3.05, 3.63) is 30.3 Å². The highest BCUT2D eigenvalue weighted by atomic mass is 16.5. The van der Waals surface area contributed by atoms with Crippen molar-refractivity contribution < 1.29 is 14.6 Å². The number of piperidine rings is 1. The van der Waals surface area contributed by atoms with E-state index < -0.39 is 6.10 Å². The lowest BCUT2D eigenvalue weighted by atomic mass is 10.1. The second-order valence-corrected chi connectivity index (χ2v) is 5.23. The van der Waals surface area contributed by atoms with Crippen LogP contribution in [0.3, 0.4) is 0 Å². The molecule has 1 aromatic rings. The lowest BCUT2D eigenvalue weighted by molar-refractivity contribution is -0.00185. The summed E-state index contributed by atoms with van der Waals surface area (Å²) in [4.78, 5) is 2.29. The van der Waals surface area contributed by atoms with Gasteiger partial charge in [-0.3, -0.25) is 0 Å². The molecule has 1 aliphatic heterocycles. The van der Waals surface area contributed by atoms with Gasteiger partial charge in [-0.2, -0.15) is 0 Å². The summed E-state index contributed by atoms with van der Waals surface area (Å²) in [7, 11) is 0. The third kappa shape index (κ3) is 5.12. The molecule has 4 nitrogen and oxygen atoms in total. The molecule has 1 unspecified atom stereocenters. The Kier molecular flexibility index (Phi) is 6.30. The van der Waals surface area contributed by atoms with E-state index in [2.05, 4.69) is 4.90 Å². The Hall–Kier alpha value is -1.10. The summed E-state index contributed by atoms with van der Waals surface area (Å²) >= 11 is 0. The molecule has 2 rings (SSSR count). The van der Waals surface area contributed by atoms with E-state index in [1.165, 1.54) is 0 Å². The van der Waals surface area contributed by atoms with Crippen LogP contribution < -0.4 is 4.74 Å². The number of para-hydroxylation sites is 1. The van der Waals surface area contributed by atoms with Crippen LogP contribution in [0.15, 0.2) is 30.3 Å². The van der Waals surface area contributed by atoms with Crippen LogP contribution in [-0.2, 0) is 4.74 Å². The summed E-state index contributed by atoms with van der Waals surface area (Å²) in [5.74, 6) is 0.807. The summed E-state index contributed by atoms with van der Waals surface area (Å²) in [6.45, 7) is 5.83. The van der Waals surface area contributed by atoms with Crippen molar-refractivity contribution in [1.82, 2.24) is 4.90 Å². The smallest absolute Gasteiger partial charge is 0.119 e. The number of hydrogen-bond donors (Lipinski definition) is 1. The monoisotopic (exact) mass is 279 g/mol. The zero-order valence-electron chi connectivity index (χ0n) is 12.2. The second kappa shape index (κ2) is 8.25. The highest BCUT2D eigenvalue weighted by Gasteiger charge is 2.21. The van der Waals surface area contributed by atoms with Gasteiger partial charge in [-0.1, -0.05) is 18.2 Å². The number of rotatable bonds is 7. The molecule has 1 N–H and O–H groups in total. The molecule has 0 aliphatic carbocycles. The van der Waals surface area contributed by atoms with E-state index in [0.29, 0.717) is 19.3 Å². The molecular weight excluding hydrogens is 254 g/mol. The van der Waals surface area contributed by atoms with Crippen LogP contribution in [0, 0.1) is 0 Å². The van der Waals surface area contributed by atoms with Gasteiger partial charge in [-0.25, -0.2) is 0 Å². The van der Waals surface area contributed by atoms with Crippen molar-refractivity contribution in [1.29, 1.82) is 0 Å². The molecule has 0 radical (unpaired) electrons. The average molecular weight is 279 g/mol. The van der Waals surface area contributed by atoms with Gasteiger partial charge < -0.3 is 19.5 Å². The fraction of sp³-hybridized carbons (Fsp3) is 0.625. The molecule has 1 saturated heterocycles. The maximum absolute atomic E-state index is 10.0. The normalized spacial score (nSPS) is 18.9. The number of likely N-dealkylation sites (tertiary alicyclic amines) is 1. The highest BCUT2D eigenvalue weighted by Crippen LogP contribution is 2.14. The van der Waals surface area contributed by atoms with Gasteiger partial charge in [0.25, 0.3) is 0 Å². The van der Waals surface area contributed by atoms with Crippen molar-refractivity contribution >= 4 is 0 Å². The summed E-state index contributed by atoms with van der Waals surface area (Å²) in [5, 5.41) is 10.0. The maximum atomic E-state index is 10.0. The van der Waals surface area contributed by atoms with Gasteiger partial charge >= 0.3 is 0 Å². The first-order valence-electron chi connectivity index (χ1n) is 7.47. The zero-order chi connectivity index (χ0) is 14.2. The van der Waals surface area contributed by atoms with E-state index in [1.54, 1.807) is 0 Å². The fourth-order valence-corrected chi connectivity index (χ4v) is 2.55. The first-order valence-corrected chi connectivity index (χ1v) is 7.47. The van der Waals surface area contributed by atoms with Crippen LogP contribution in [-0.4, -0.2) is 55.1 Å². The number of ether oxygens (including phenoxy) is 2. The Morgan fingerprint density at radius 2 is 1.95 bits per heavy atom. The zero-order valence-corrected chi connectivity index (χ0v) is 12.2. The summed E-state index contributed by atoms with van der Waals surface area (Å²) in [6, 6.07) is 9.62. The van der Waals surface area contributed by atoms with Gasteiger partial charge in [0.15, 0.2) is 0 Å². The van der Waals surface area contributed by atoms with Gasteiger partial charge in [-0.15, -0.1) is 0 Å². The summed E-state index contributed by atoms with van der Waals surface area (Å²) in [5.41, 5.74) is 0. The van der Waals surface area contributed by atoms with E-state index in [1.807, 2.05) is 37.3 Å². The topological polar surface area (TPSA) is 41.9 Å². The molecule has 20 heavy (non-hydrogen) atoms. The van der Waals surface area contributed by atoms with Crippen molar-refractivity contribution in [3.8, 4) is 5.75 Å². The van der Waals surface area contributed by atoms with Crippen LogP contribution in [0.2, 0.25) is 0 Å². The third-order valence-electron chi connectivity index (χ3n) is 3.59. The standard InChI is InChI=1S/C16H25NO3/c1-2-19-16-8-10-17(11-9-16)12-14(18)13-20-15-6-4-3-5-7-15/h3-7,14,16,18H,2,8-13H2,1H3. The van der Waals surface area contributed by atoms with E-state index in [9.17, 15) is 5.11 Å². The van der Waals surface area contributed by atoms with Crippen LogP contribution in [0.1, 0.15) is 19.8 Å². The second-order valence-electron chi connectivity index (χ2n) is 5.23. The predicted octanol–water partition coefficient (Wildman–Crippen LogP) is 1.93. The number of hydrogen-bond acceptors (Lipinski definition) is 4. The van der Waals surface area contributed by atoms with Crippen molar-refractivity contribution in [2.45, 2.75) is 32.0 Å². The number of β-amino-alcohol motifs (C(OH)–C–C–N with tert-alkyl or cyclic N) is 1.